The summed E-state index contributed by atoms with van der Waals surface area (Å²) >= 11 is 0. The Balaban J connectivity index is 1.73. The van der Waals surface area contributed by atoms with Crippen molar-refractivity contribution in [2.75, 3.05) is 0 Å². The van der Waals surface area contributed by atoms with Crippen molar-refractivity contribution in [3.05, 3.63) is 40.8 Å². The third-order valence-corrected chi connectivity index (χ3v) is 4.14. The maximum absolute atomic E-state index is 13.4. The molecule has 3 aromatic rings. The van der Waals surface area contributed by atoms with Gasteiger partial charge in [0.15, 0.2) is 5.69 Å². The van der Waals surface area contributed by atoms with Gasteiger partial charge in [0.1, 0.15) is 11.5 Å². The summed E-state index contributed by atoms with van der Waals surface area (Å²) in [5.41, 5.74) is 2.33. The molecule has 1 amide bonds. The zero-order chi connectivity index (χ0) is 19.4. The van der Waals surface area contributed by atoms with Crippen molar-refractivity contribution in [2.45, 2.75) is 32.4 Å². The zero-order valence-electron chi connectivity index (χ0n) is 14.2. The number of aromatic nitrogens is 4. The van der Waals surface area contributed by atoms with E-state index in [4.69, 9.17) is 5.21 Å². The van der Waals surface area contributed by atoms with Gasteiger partial charge in [-0.15, -0.1) is 10.0 Å². The molecule has 27 heavy (non-hydrogen) atoms. The van der Waals surface area contributed by atoms with Gasteiger partial charge in [-0.25, -0.2) is 9.87 Å². The van der Waals surface area contributed by atoms with E-state index in [0.29, 0.717) is 30.6 Å². The van der Waals surface area contributed by atoms with Crippen LogP contribution in [-0.2, 0) is 17.9 Å². The number of halogens is 1. The van der Waals surface area contributed by atoms with Crippen LogP contribution in [0.4, 0.5) is 10.1 Å². The van der Waals surface area contributed by atoms with E-state index in [2.05, 4.69) is 15.5 Å². The summed E-state index contributed by atoms with van der Waals surface area (Å²) < 4.78 is 16.4. The van der Waals surface area contributed by atoms with Gasteiger partial charge in [-0.05, 0) is 36.2 Å². The van der Waals surface area contributed by atoms with Crippen molar-refractivity contribution in [3.8, 4) is 5.88 Å². The maximum atomic E-state index is 13.4. The Labute approximate surface area is 152 Å². The molecule has 10 nitrogen and oxygen atoms in total. The Morgan fingerprint density at radius 2 is 2.15 bits per heavy atom. The zero-order valence-corrected chi connectivity index (χ0v) is 14.2. The van der Waals surface area contributed by atoms with Crippen molar-refractivity contribution in [1.29, 1.82) is 0 Å². The molecule has 0 saturated carbocycles. The van der Waals surface area contributed by atoms with E-state index in [-0.39, 0.29) is 29.9 Å². The summed E-state index contributed by atoms with van der Waals surface area (Å²) in [6, 6.07) is 3.82. The highest BCUT2D eigenvalue weighted by atomic mass is 19.1. The number of nitroso groups, excluding NO2 is 1. The molecule has 0 aliphatic rings. The van der Waals surface area contributed by atoms with Crippen LogP contribution in [0.25, 0.3) is 10.9 Å². The monoisotopic (exact) mass is 376 g/mol. The van der Waals surface area contributed by atoms with Crippen LogP contribution in [0.3, 0.4) is 0 Å². The molecular formula is C16H17FN6O4. The summed E-state index contributed by atoms with van der Waals surface area (Å²) in [5, 5.41) is 29.7. The van der Waals surface area contributed by atoms with E-state index in [1.807, 2.05) is 0 Å². The van der Waals surface area contributed by atoms with E-state index in [9.17, 15) is 19.2 Å². The van der Waals surface area contributed by atoms with Crippen LogP contribution in [0.2, 0.25) is 0 Å². The van der Waals surface area contributed by atoms with E-state index in [1.54, 1.807) is 16.4 Å². The summed E-state index contributed by atoms with van der Waals surface area (Å²) in [6.45, 7) is 0.646. The Kier molecular flexibility index (Phi) is 5.41. The molecule has 1 aromatic carbocycles. The van der Waals surface area contributed by atoms with Gasteiger partial charge in [0, 0.05) is 18.4 Å². The number of unbranched alkanes of at least 4 members (excludes halogenated alkanes) is 1. The standard InChI is InChI=1S/C16H17FN6O4/c17-10-4-5-13-12(7-10)15(20-27)16(25)23(13)9-11-8-22(21-18-11)6-2-1-3-14(24)19-26/h4-5,7-8,25-26H,1-3,6,9H2,(H,19,24). The number of nitrogens with one attached hydrogen (secondary N) is 1. The SMILES string of the molecule is O=Nc1c(O)n(Cc2cn(CCCCC(=O)NO)nn2)c2ccc(F)cc12. The Morgan fingerprint density at radius 1 is 1.33 bits per heavy atom. The van der Waals surface area contributed by atoms with Gasteiger partial charge in [-0.2, -0.15) is 0 Å². The van der Waals surface area contributed by atoms with Gasteiger partial charge < -0.3 is 9.67 Å². The van der Waals surface area contributed by atoms with Gasteiger partial charge in [0.05, 0.1) is 18.3 Å². The van der Waals surface area contributed by atoms with Crippen molar-refractivity contribution in [1.82, 2.24) is 25.0 Å². The Bertz CT molecular complexity index is 983. The molecule has 0 unspecified atom stereocenters. The average Bonchev–Trinajstić information content (AvgIpc) is 3.21. The molecule has 3 rings (SSSR count). The fraction of sp³-hybridized carbons (Fsp3) is 0.312. The lowest BCUT2D eigenvalue weighted by molar-refractivity contribution is -0.129. The molecule has 0 spiro atoms. The highest BCUT2D eigenvalue weighted by molar-refractivity contribution is 5.95. The number of amides is 1. The van der Waals surface area contributed by atoms with Crippen molar-refractivity contribution >= 4 is 22.5 Å². The molecule has 0 atom stereocenters. The number of hydrogen-bond donors (Lipinski definition) is 3. The largest absolute Gasteiger partial charge is 0.493 e. The molecule has 0 aliphatic heterocycles. The predicted octanol–water partition coefficient (Wildman–Crippen LogP) is 2.20. The first-order valence-electron chi connectivity index (χ1n) is 8.19. The summed E-state index contributed by atoms with van der Waals surface area (Å²) in [5.74, 6) is -1.35. The van der Waals surface area contributed by atoms with E-state index < -0.39 is 11.7 Å². The molecule has 0 bridgehead atoms. The number of aromatic hydroxyl groups is 1. The van der Waals surface area contributed by atoms with Gasteiger partial charge in [-0.1, -0.05) is 5.21 Å². The number of carbonyl (C=O) groups excluding carboxylic acids is 1. The van der Waals surface area contributed by atoms with Crippen molar-refractivity contribution in [2.24, 2.45) is 5.18 Å². The fourth-order valence-electron chi connectivity index (χ4n) is 2.84. The van der Waals surface area contributed by atoms with Gasteiger partial charge in [0.25, 0.3) is 0 Å². The highest BCUT2D eigenvalue weighted by Crippen LogP contribution is 2.39. The van der Waals surface area contributed by atoms with Crippen molar-refractivity contribution in [3.63, 3.8) is 0 Å². The van der Waals surface area contributed by atoms with Gasteiger partial charge in [0.2, 0.25) is 11.8 Å². The smallest absolute Gasteiger partial charge is 0.243 e. The molecule has 2 heterocycles. The minimum Gasteiger partial charge on any atom is -0.493 e. The molecule has 0 fully saturated rings. The molecule has 11 heteroatoms. The molecule has 142 valence electrons. The molecule has 2 aromatic heterocycles. The third-order valence-electron chi connectivity index (χ3n) is 4.14. The second kappa shape index (κ2) is 7.91. The molecule has 0 saturated heterocycles. The minimum atomic E-state index is -0.537. The van der Waals surface area contributed by atoms with Crippen LogP contribution in [0, 0.1) is 10.7 Å². The Hall–Kier alpha value is -3.34. The maximum Gasteiger partial charge on any atom is 0.243 e. The van der Waals surface area contributed by atoms with Gasteiger partial charge in [-0.3, -0.25) is 14.7 Å². The summed E-state index contributed by atoms with van der Waals surface area (Å²) in [6.07, 6.45) is 3.12. The lowest BCUT2D eigenvalue weighted by atomic mass is 10.2. The number of hydrogen-bond acceptors (Lipinski definition) is 7. The van der Waals surface area contributed by atoms with E-state index >= 15 is 0 Å². The topological polar surface area (TPSA) is 135 Å². The number of nitrogens with zero attached hydrogens (tertiary/aromatic N) is 5. The van der Waals surface area contributed by atoms with Crippen LogP contribution in [-0.4, -0.2) is 35.8 Å². The first-order valence-corrected chi connectivity index (χ1v) is 8.19. The quantitative estimate of drug-likeness (QED) is 0.239. The first kappa shape index (κ1) is 18.5. The van der Waals surface area contributed by atoms with Crippen molar-refractivity contribution < 1.29 is 19.5 Å². The van der Waals surface area contributed by atoms with Crippen LogP contribution >= 0.6 is 0 Å². The number of aryl methyl sites for hydroxylation is 1. The molecule has 0 aliphatic carbocycles. The van der Waals surface area contributed by atoms with E-state index in [0.717, 1.165) is 6.07 Å². The second-order valence-corrected chi connectivity index (χ2v) is 5.98. The highest BCUT2D eigenvalue weighted by Gasteiger charge is 2.19. The lowest BCUT2D eigenvalue weighted by Crippen LogP contribution is -2.18. The number of hydroxylamine groups is 1. The first-order chi connectivity index (χ1) is 13.0. The predicted molar refractivity (Wildman–Crippen MR) is 91.9 cm³/mol. The average molecular weight is 376 g/mol. The van der Waals surface area contributed by atoms with Crippen LogP contribution in [0.5, 0.6) is 5.88 Å². The third kappa shape index (κ3) is 3.92. The summed E-state index contributed by atoms with van der Waals surface area (Å²) in [7, 11) is 0. The van der Waals surface area contributed by atoms with Crippen LogP contribution in [0.1, 0.15) is 25.0 Å². The van der Waals surface area contributed by atoms with Crippen LogP contribution in [0.15, 0.2) is 29.6 Å². The Morgan fingerprint density at radius 3 is 2.89 bits per heavy atom. The number of rotatable bonds is 8. The van der Waals surface area contributed by atoms with Crippen LogP contribution < -0.4 is 5.48 Å². The van der Waals surface area contributed by atoms with Gasteiger partial charge >= 0.3 is 0 Å². The lowest BCUT2D eigenvalue weighted by Gasteiger charge is -2.04. The molecule has 0 radical (unpaired) electrons. The van der Waals surface area contributed by atoms with E-state index in [1.165, 1.54) is 16.7 Å². The molecule has 3 N–H and O–H groups in total. The number of benzene rings is 1. The minimum absolute atomic E-state index is 0.121. The number of carbonyl (C=O) groups is 1. The normalized spacial score (nSPS) is 11.0. The number of fused-ring (bicyclic) bond motifs is 1. The summed E-state index contributed by atoms with van der Waals surface area (Å²) in [4.78, 5) is 22.0. The second-order valence-electron chi connectivity index (χ2n) is 5.98. The molecular weight excluding hydrogens is 359 g/mol. The fourth-order valence-corrected chi connectivity index (χ4v) is 2.84.